The van der Waals surface area contributed by atoms with Crippen LogP contribution in [0.3, 0.4) is 0 Å². The lowest BCUT2D eigenvalue weighted by molar-refractivity contribution is -0.148. The van der Waals surface area contributed by atoms with Crippen molar-refractivity contribution < 1.29 is 41.7 Å². The number of hydrogen-bond acceptors (Lipinski definition) is 7. The molecule has 0 aromatic carbocycles. The molecule has 2 atom stereocenters. The maximum absolute atomic E-state index is 12.2. The Morgan fingerprint density at radius 1 is 0.510 bits per heavy atom. The van der Waals surface area contributed by atoms with Gasteiger partial charge in [0.05, 0.1) is 31.2 Å². The zero-order valence-electron chi connectivity index (χ0n) is 33.2. The van der Waals surface area contributed by atoms with E-state index in [1.54, 1.807) is 0 Å². The van der Waals surface area contributed by atoms with Gasteiger partial charge in [-0.1, -0.05) is 194 Å². The summed E-state index contributed by atoms with van der Waals surface area (Å²) in [4.78, 5) is 24.5. The molecule has 304 valence electrons. The summed E-state index contributed by atoms with van der Waals surface area (Å²) in [5, 5.41) is 31.5. The highest BCUT2D eigenvalue weighted by Gasteiger charge is 2.39. The quantitative estimate of drug-likeness (QED) is 0.0521. The molecule has 10 heteroatoms. The van der Waals surface area contributed by atoms with Crippen molar-refractivity contribution in [1.82, 2.24) is 0 Å². The molecule has 0 saturated carbocycles. The van der Waals surface area contributed by atoms with Crippen molar-refractivity contribution in [2.75, 3.05) is 13.7 Å². The smallest absolute Gasteiger partial charge is 0.399 e. The van der Waals surface area contributed by atoms with Gasteiger partial charge in [0, 0.05) is 0 Å². The largest absolute Gasteiger partial charge is 0.481 e. The van der Waals surface area contributed by atoms with E-state index >= 15 is 0 Å². The Kier molecular flexibility index (Phi) is 32.5. The molecule has 0 aliphatic carbocycles. The highest BCUT2D eigenvalue weighted by molar-refractivity contribution is 7.81. The molecule has 2 unspecified atom stereocenters. The predicted octanol–water partition coefficient (Wildman–Crippen LogP) is 11.5. The van der Waals surface area contributed by atoms with Crippen molar-refractivity contribution in [1.29, 1.82) is 0 Å². The number of carbonyl (C=O) groups is 2. The van der Waals surface area contributed by atoms with Crippen LogP contribution in [-0.2, 0) is 28.4 Å². The standard InChI is InChI=1S/C41H80O9S/c1-4-6-8-10-12-14-16-18-20-22-24-26-28-30-32-37(39(42)43)34-41(46,36-50-51(47,48)49-3)35-38(40(44)45)33-31-29-27-25-23-21-19-17-15-13-11-9-7-5-2/h37-38,46H,4-36H2,1-3H3,(H,42,43)(H,44,45). The Labute approximate surface area is 313 Å². The van der Waals surface area contributed by atoms with Gasteiger partial charge in [-0.25, -0.2) is 4.18 Å². The van der Waals surface area contributed by atoms with Gasteiger partial charge in [-0.15, -0.1) is 0 Å². The van der Waals surface area contributed by atoms with Gasteiger partial charge in [-0.2, -0.15) is 8.42 Å². The monoisotopic (exact) mass is 749 g/mol. The zero-order chi connectivity index (χ0) is 38.1. The minimum atomic E-state index is -4.40. The first-order valence-electron chi connectivity index (χ1n) is 21.1. The Hall–Kier alpha value is -1.23. The summed E-state index contributed by atoms with van der Waals surface area (Å²) in [5.41, 5.74) is -1.95. The molecule has 0 amide bonds. The fraction of sp³-hybridized carbons (Fsp3) is 0.951. The third-order valence-electron chi connectivity index (χ3n) is 10.4. The first-order valence-corrected chi connectivity index (χ1v) is 22.5. The maximum atomic E-state index is 12.2. The minimum Gasteiger partial charge on any atom is -0.481 e. The molecule has 0 saturated heterocycles. The van der Waals surface area contributed by atoms with Crippen LogP contribution in [0.25, 0.3) is 0 Å². The summed E-state index contributed by atoms with van der Waals surface area (Å²) in [5.74, 6) is -4.07. The van der Waals surface area contributed by atoms with Crippen molar-refractivity contribution in [3.8, 4) is 0 Å². The molecule has 0 aliphatic rings. The molecule has 9 nitrogen and oxygen atoms in total. The number of aliphatic carboxylic acids is 2. The van der Waals surface area contributed by atoms with E-state index in [4.69, 9.17) is 4.18 Å². The van der Waals surface area contributed by atoms with E-state index in [9.17, 15) is 33.3 Å². The maximum Gasteiger partial charge on any atom is 0.399 e. The predicted molar refractivity (Wildman–Crippen MR) is 208 cm³/mol. The van der Waals surface area contributed by atoms with Crippen LogP contribution in [0, 0.1) is 11.8 Å². The van der Waals surface area contributed by atoms with Gasteiger partial charge in [-0.05, 0) is 25.7 Å². The Morgan fingerprint density at radius 3 is 1.00 bits per heavy atom. The molecule has 0 aromatic rings. The van der Waals surface area contributed by atoms with Gasteiger partial charge in [0.2, 0.25) is 0 Å². The second-order valence-corrected chi connectivity index (χ2v) is 16.7. The fourth-order valence-corrected chi connectivity index (χ4v) is 7.60. The Balaban J connectivity index is 4.68. The first kappa shape index (κ1) is 49.8. The van der Waals surface area contributed by atoms with E-state index in [-0.39, 0.29) is 12.8 Å². The SMILES string of the molecule is CCCCCCCCCCCCCCCCC(CC(O)(COS(=O)(=O)OC)CC(CCCCCCCCCCCCCCCC)C(=O)O)C(=O)O. The average Bonchev–Trinajstić information content (AvgIpc) is 3.10. The highest BCUT2D eigenvalue weighted by atomic mass is 32.3. The van der Waals surface area contributed by atoms with Crippen LogP contribution >= 0.6 is 0 Å². The molecule has 0 aromatic heterocycles. The van der Waals surface area contributed by atoms with Gasteiger partial charge >= 0.3 is 22.3 Å². The van der Waals surface area contributed by atoms with Crippen molar-refractivity contribution >= 4 is 22.3 Å². The molecule has 51 heavy (non-hydrogen) atoms. The zero-order valence-corrected chi connectivity index (χ0v) is 34.0. The first-order chi connectivity index (χ1) is 24.5. The fourth-order valence-electron chi connectivity index (χ4n) is 7.14. The van der Waals surface area contributed by atoms with Crippen molar-refractivity contribution in [2.45, 2.75) is 225 Å². The van der Waals surface area contributed by atoms with Gasteiger partial charge in [0.1, 0.15) is 0 Å². The molecule has 0 aliphatic heterocycles. The highest BCUT2D eigenvalue weighted by Crippen LogP contribution is 2.32. The molecule has 0 radical (unpaired) electrons. The molecular weight excluding hydrogens is 669 g/mol. The molecule has 0 rings (SSSR count). The van der Waals surface area contributed by atoms with E-state index in [0.29, 0.717) is 25.7 Å². The van der Waals surface area contributed by atoms with Crippen LogP contribution in [0.15, 0.2) is 0 Å². The lowest BCUT2D eigenvalue weighted by Gasteiger charge is -2.32. The van der Waals surface area contributed by atoms with E-state index in [0.717, 1.165) is 45.6 Å². The van der Waals surface area contributed by atoms with Crippen LogP contribution in [0.4, 0.5) is 0 Å². The van der Waals surface area contributed by atoms with Crippen LogP contribution < -0.4 is 0 Å². The van der Waals surface area contributed by atoms with E-state index in [1.165, 1.54) is 128 Å². The summed E-state index contributed by atoms with van der Waals surface area (Å²) >= 11 is 0. The summed E-state index contributed by atoms with van der Waals surface area (Å²) in [6, 6.07) is 0. The van der Waals surface area contributed by atoms with Crippen LogP contribution in [0.5, 0.6) is 0 Å². The molecular formula is C41H80O9S. The van der Waals surface area contributed by atoms with Crippen molar-refractivity contribution in [3.05, 3.63) is 0 Å². The summed E-state index contributed by atoms with van der Waals surface area (Å²) in [6.07, 6.45) is 33.3. The molecule has 3 N–H and O–H groups in total. The molecule has 0 bridgehead atoms. The van der Waals surface area contributed by atoms with Crippen molar-refractivity contribution in [2.24, 2.45) is 11.8 Å². The summed E-state index contributed by atoms with van der Waals surface area (Å²) < 4.78 is 33.1. The van der Waals surface area contributed by atoms with Crippen LogP contribution in [-0.4, -0.2) is 55.0 Å². The minimum absolute atomic E-state index is 0.289. The lowest BCUT2D eigenvalue weighted by Crippen LogP contribution is -2.42. The van der Waals surface area contributed by atoms with Gasteiger partial charge in [-0.3, -0.25) is 13.8 Å². The number of carboxylic acid groups (broad SMARTS) is 2. The van der Waals surface area contributed by atoms with Crippen LogP contribution in [0.2, 0.25) is 0 Å². The van der Waals surface area contributed by atoms with E-state index in [1.807, 2.05) is 0 Å². The van der Waals surface area contributed by atoms with Crippen molar-refractivity contribution in [3.63, 3.8) is 0 Å². The van der Waals surface area contributed by atoms with Gasteiger partial charge in [0.15, 0.2) is 0 Å². The Bertz CT molecular complexity index is 872. The second kappa shape index (κ2) is 33.3. The summed E-state index contributed by atoms with van der Waals surface area (Å²) in [7, 11) is -3.47. The average molecular weight is 749 g/mol. The topological polar surface area (TPSA) is 147 Å². The number of hydrogen-bond donors (Lipinski definition) is 3. The molecule has 0 fully saturated rings. The third-order valence-corrected chi connectivity index (χ3v) is 11.3. The van der Waals surface area contributed by atoms with E-state index < -0.39 is 46.4 Å². The lowest BCUT2D eigenvalue weighted by atomic mass is 9.80. The van der Waals surface area contributed by atoms with Crippen LogP contribution in [0.1, 0.15) is 219 Å². The second-order valence-electron chi connectivity index (χ2n) is 15.3. The summed E-state index contributed by atoms with van der Waals surface area (Å²) in [6.45, 7) is 3.72. The van der Waals surface area contributed by atoms with E-state index in [2.05, 4.69) is 18.0 Å². The molecule has 0 heterocycles. The van der Waals surface area contributed by atoms with Gasteiger partial charge < -0.3 is 15.3 Å². The number of carboxylic acids is 2. The normalized spacial score (nSPS) is 14.4. The van der Waals surface area contributed by atoms with Gasteiger partial charge in [0.25, 0.3) is 0 Å². The number of unbranched alkanes of at least 4 members (excludes halogenated alkanes) is 26. The molecule has 0 spiro atoms. The third kappa shape index (κ3) is 30.9. The number of rotatable bonds is 40. The number of aliphatic hydroxyl groups is 1. The Morgan fingerprint density at radius 2 is 0.765 bits per heavy atom.